The minimum Gasteiger partial charge on any atom is -0.343 e. The maximum absolute atomic E-state index is 12.5. The number of amides is 3. The number of hydrogen-bond donors (Lipinski definition) is 0. The normalized spacial score (nSPS) is 24.4. The van der Waals surface area contributed by atoms with E-state index in [0.29, 0.717) is 32.2 Å². The molecule has 0 unspecified atom stereocenters. The molecule has 0 bridgehead atoms. The minimum atomic E-state index is -0.0270. The Hall–Kier alpha value is -1.59. The zero-order valence-corrected chi connectivity index (χ0v) is 12.6. The summed E-state index contributed by atoms with van der Waals surface area (Å²) >= 11 is 0. The Morgan fingerprint density at radius 2 is 1.62 bits per heavy atom. The molecule has 0 aromatic carbocycles. The van der Waals surface area contributed by atoms with Crippen molar-refractivity contribution < 1.29 is 14.4 Å². The largest absolute Gasteiger partial charge is 0.343 e. The molecule has 2 aliphatic heterocycles. The summed E-state index contributed by atoms with van der Waals surface area (Å²) in [5, 5.41) is 0. The molecule has 0 radical (unpaired) electrons. The van der Waals surface area contributed by atoms with Gasteiger partial charge < -0.3 is 14.7 Å². The van der Waals surface area contributed by atoms with Crippen molar-refractivity contribution >= 4 is 17.7 Å². The smallest absolute Gasteiger partial charge is 0.242 e. The van der Waals surface area contributed by atoms with Crippen LogP contribution in [0.5, 0.6) is 0 Å². The molecule has 0 aromatic heterocycles. The van der Waals surface area contributed by atoms with Crippen molar-refractivity contribution in [3.8, 4) is 0 Å². The van der Waals surface area contributed by atoms with E-state index in [1.54, 1.807) is 16.7 Å². The van der Waals surface area contributed by atoms with Crippen molar-refractivity contribution in [1.82, 2.24) is 14.7 Å². The number of nitrogens with zero attached hydrogens (tertiary/aromatic N) is 3. The van der Waals surface area contributed by atoms with E-state index in [0.717, 1.165) is 25.7 Å². The Balaban J connectivity index is 1.52. The van der Waals surface area contributed by atoms with Crippen LogP contribution in [-0.4, -0.2) is 71.2 Å². The third-order valence-corrected chi connectivity index (χ3v) is 4.85. The predicted molar refractivity (Wildman–Crippen MR) is 76.3 cm³/mol. The summed E-state index contributed by atoms with van der Waals surface area (Å²) in [6.07, 6.45) is 3.66. The van der Waals surface area contributed by atoms with Gasteiger partial charge in [0.1, 0.15) is 0 Å². The van der Waals surface area contributed by atoms with E-state index in [9.17, 15) is 14.4 Å². The van der Waals surface area contributed by atoms with Crippen LogP contribution in [0.4, 0.5) is 0 Å². The molecule has 3 aliphatic rings. The van der Waals surface area contributed by atoms with E-state index >= 15 is 0 Å². The van der Waals surface area contributed by atoms with Crippen molar-refractivity contribution in [3.05, 3.63) is 0 Å². The first-order valence-corrected chi connectivity index (χ1v) is 7.90. The Morgan fingerprint density at radius 3 is 2.14 bits per heavy atom. The summed E-state index contributed by atoms with van der Waals surface area (Å²) in [6.45, 7) is 4.46. The Kier molecular flexibility index (Phi) is 3.87. The molecule has 0 spiro atoms. The van der Waals surface area contributed by atoms with Gasteiger partial charge in [0.05, 0.1) is 6.54 Å². The molecule has 2 saturated heterocycles. The Bertz CT molecular complexity index is 453. The highest BCUT2D eigenvalue weighted by Gasteiger charge is 2.38. The number of likely N-dealkylation sites (tertiary alicyclic amines) is 1. The van der Waals surface area contributed by atoms with E-state index in [-0.39, 0.29) is 30.2 Å². The number of hydrogen-bond acceptors (Lipinski definition) is 3. The zero-order chi connectivity index (χ0) is 15.0. The van der Waals surface area contributed by atoms with Gasteiger partial charge in [-0.2, -0.15) is 0 Å². The molecular weight excluding hydrogens is 270 g/mol. The molecule has 0 N–H and O–H groups in total. The molecule has 6 nitrogen and oxygen atoms in total. The zero-order valence-electron chi connectivity index (χ0n) is 12.6. The first kappa shape index (κ1) is 14.4. The Morgan fingerprint density at radius 1 is 0.952 bits per heavy atom. The van der Waals surface area contributed by atoms with Crippen LogP contribution >= 0.6 is 0 Å². The summed E-state index contributed by atoms with van der Waals surface area (Å²) in [5.41, 5.74) is 0. The van der Waals surface area contributed by atoms with Gasteiger partial charge in [-0.05, 0) is 25.7 Å². The average molecular weight is 293 g/mol. The molecule has 116 valence electrons. The number of carbonyl (C=O) groups is 3. The molecule has 1 aliphatic carbocycles. The fraction of sp³-hybridized carbons (Fsp3) is 0.800. The topological polar surface area (TPSA) is 60.9 Å². The fourth-order valence-corrected chi connectivity index (χ4v) is 3.35. The third kappa shape index (κ3) is 3.04. The molecule has 3 rings (SSSR count). The van der Waals surface area contributed by atoms with Crippen LogP contribution in [-0.2, 0) is 14.4 Å². The lowest BCUT2D eigenvalue weighted by Gasteiger charge is -2.38. The van der Waals surface area contributed by atoms with Crippen molar-refractivity contribution in [2.24, 2.45) is 5.92 Å². The second-order valence-electron chi connectivity index (χ2n) is 6.36. The molecule has 1 saturated carbocycles. The molecule has 0 atom stereocenters. The second kappa shape index (κ2) is 5.66. The monoisotopic (exact) mass is 293 g/mol. The van der Waals surface area contributed by atoms with E-state index in [1.807, 2.05) is 4.90 Å². The summed E-state index contributed by atoms with van der Waals surface area (Å²) in [5.74, 6) is 0.246. The van der Waals surface area contributed by atoms with E-state index < -0.39 is 0 Å². The minimum absolute atomic E-state index is 0.0270. The lowest BCUT2D eigenvalue weighted by molar-refractivity contribution is -0.149. The highest BCUT2D eigenvalue weighted by molar-refractivity contribution is 5.87. The quantitative estimate of drug-likeness (QED) is 0.724. The number of piperidine rings is 1. The standard InChI is InChI=1S/C15H23N3O3/c1-11(19)16-6-4-12(5-7-16)15(21)17-8-9-18(13-2-3-13)14(20)10-17/h12-13H,2-10H2,1H3. The van der Waals surface area contributed by atoms with Crippen molar-refractivity contribution in [3.63, 3.8) is 0 Å². The molecule has 3 fully saturated rings. The molecule has 21 heavy (non-hydrogen) atoms. The molecule has 0 aromatic rings. The number of piperazine rings is 1. The first-order chi connectivity index (χ1) is 10.1. The predicted octanol–water partition coefficient (Wildman–Crippen LogP) is 0.0781. The number of carbonyl (C=O) groups excluding carboxylic acids is 3. The summed E-state index contributed by atoms with van der Waals surface area (Å²) < 4.78 is 0. The van der Waals surface area contributed by atoms with Crippen LogP contribution in [0, 0.1) is 5.92 Å². The van der Waals surface area contributed by atoms with Crippen LogP contribution in [0.1, 0.15) is 32.6 Å². The SMILES string of the molecule is CC(=O)N1CCC(C(=O)N2CCN(C3CC3)C(=O)C2)CC1. The van der Waals surface area contributed by atoms with Crippen LogP contribution in [0.25, 0.3) is 0 Å². The highest BCUT2D eigenvalue weighted by Crippen LogP contribution is 2.28. The molecule has 2 heterocycles. The molecule has 3 amide bonds. The van der Waals surface area contributed by atoms with Crippen LogP contribution in [0.15, 0.2) is 0 Å². The molecular formula is C15H23N3O3. The van der Waals surface area contributed by atoms with E-state index in [1.165, 1.54) is 0 Å². The third-order valence-electron chi connectivity index (χ3n) is 4.85. The summed E-state index contributed by atoms with van der Waals surface area (Å²) in [6, 6.07) is 0.438. The van der Waals surface area contributed by atoms with Crippen molar-refractivity contribution in [2.75, 3.05) is 32.7 Å². The average Bonchev–Trinajstić information content (AvgIpc) is 3.31. The maximum atomic E-state index is 12.5. The Labute approximate surface area is 125 Å². The second-order valence-corrected chi connectivity index (χ2v) is 6.36. The number of rotatable bonds is 2. The van der Waals surface area contributed by atoms with Gasteiger partial charge in [0.25, 0.3) is 0 Å². The van der Waals surface area contributed by atoms with Gasteiger partial charge in [-0.1, -0.05) is 0 Å². The lowest BCUT2D eigenvalue weighted by atomic mass is 9.95. The van der Waals surface area contributed by atoms with Gasteiger partial charge in [-0.25, -0.2) is 0 Å². The van der Waals surface area contributed by atoms with Gasteiger partial charge in [-0.15, -0.1) is 0 Å². The van der Waals surface area contributed by atoms with Gasteiger partial charge in [0.15, 0.2) is 0 Å². The van der Waals surface area contributed by atoms with Gasteiger partial charge in [0.2, 0.25) is 17.7 Å². The molecule has 6 heteroatoms. The van der Waals surface area contributed by atoms with Gasteiger partial charge in [0, 0.05) is 45.1 Å². The van der Waals surface area contributed by atoms with Crippen molar-refractivity contribution in [1.29, 1.82) is 0 Å². The van der Waals surface area contributed by atoms with Crippen molar-refractivity contribution in [2.45, 2.75) is 38.6 Å². The van der Waals surface area contributed by atoms with Gasteiger partial charge >= 0.3 is 0 Å². The van der Waals surface area contributed by atoms with E-state index in [4.69, 9.17) is 0 Å². The van der Waals surface area contributed by atoms with Crippen LogP contribution < -0.4 is 0 Å². The fourth-order valence-electron chi connectivity index (χ4n) is 3.35. The highest BCUT2D eigenvalue weighted by atomic mass is 16.2. The lowest BCUT2D eigenvalue weighted by Crippen LogP contribution is -2.55. The van der Waals surface area contributed by atoms with Crippen LogP contribution in [0.3, 0.4) is 0 Å². The van der Waals surface area contributed by atoms with E-state index in [2.05, 4.69) is 0 Å². The van der Waals surface area contributed by atoms with Gasteiger partial charge in [-0.3, -0.25) is 14.4 Å². The maximum Gasteiger partial charge on any atom is 0.242 e. The first-order valence-electron chi connectivity index (χ1n) is 7.90. The van der Waals surface area contributed by atoms with Crippen LogP contribution in [0.2, 0.25) is 0 Å². The summed E-state index contributed by atoms with van der Waals surface area (Å²) in [7, 11) is 0. The summed E-state index contributed by atoms with van der Waals surface area (Å²) in [4.78, 5) is 41.4.